The van der Waals surface area contributed by atoms with Crippen molar-refractivity contribution in [2.24, 2.45) is 0 Å². The fraction of sp³-hybridized carbons (Fsp3) is 0.308. The van der Waals surface area contributed by atoms with Gasteiger partial charge in [0.05, 0.1) is 17.6 Å². The summed E-state index contributed by atoms with van der Waals surface area (Å²) in [5.74, 6) is 0.560. The Bertz CT molecular complexity index is 1290. The van der Waals surface area contributed by atoms with Crippen molar-refractivity contribution < 1.29 is 5.95 Å². The molecule has 0 radical (unpaired) electrons. The Morgan fingerprint density at radius 2 is 1.79 bits per heavy atom. The van der Waals surface area contributed by atoms with E-state index in [1.54, 1.807) is 22.9 Å². The molecule has 0 spiro atoms. The van der Waals surface area contributed by atoms with E-state index in [-0.39, 0.29) is 13.0 Å². The number of nitrogens with zero attached hydrogens (tertiary/aromatic N) is 4. The van der Waals surface area contributed by atoms with Gasteiger partial charge in [0.1, 0.15) is 11.4 Å². The second-order valence-corrected chi connectivity index (χ2v) is 8.13. The molecule has 0 saturated carbocycles. The van der Waals surface area contributed by atoms with E-state index < -0.39 is 0 Å². The summed E-state index contributed by atoms with van der Waals surface area (Å²) in [6.07, 6.45) is 5.39. The summed E-state index contributed by atoms with van der Waals surface area (Å²) in [6, 6.07) is 13.6. The van der Waals surface area contributed by atoms with Crippen molar-refractivity contribution in [3.05, 3.63) is 76.5 Å². The second-order valence-electron chi connectivity index (χ2n) is 8.13. The fourth-order valence-corrected chi connectivity index (χ4v) is 3.96. The molecule has 0 aliphatic carbocycles. The number of hydrogen-bond donors (Lipinski definition) is 1. The van der Waals surface area contributed by atoms with Crippen molar-refractivity contribution in [2.45, 2.75) is 46.2 Å². The molecular weight excluding hydrogens is 414 g/mol. The molecule has 1 aromatic carbocycles. The highest BCUT2D eigenvalue weighted by Crippen LogP contribution is 2.28. The van der Waals surface area contributed by atoms with Crippen LogP contribution in [-0.4, -0.2) is 26.7 Å². The summed E-state index contributed by atoms with van der Waals surface area (Å²) in [5.41, 5.74) is 5.83. The zero-order chi connectivity index (χ0) is 23.4. The highest BCUT2D eigenvalue weighted by molar-refractivity contribution is 5.68. The Morgan fingerprint density at radius 1 is 1.06 bits per heavy atom. The van der Waals surface area contributed by atoms with Crippen LogP contribution in [0.25, 0.3) is 34.0 Å². The van der Waals surface area contributed by atoms with E-state index in [0.29, 0.717) is 17.1 Å². The van der Waals surface area contributed by atoms with Gasteiger partial charge in [0.25, 0.3) is 5.56 Å². The first-order valence-corrected chi connectivity index (χ1v) is 11.3. The minimum absolute atomic E-state index is 0. The van der Waals surface area contributed by atoms with Crippen molar-refractivity contribution in [3.63, 3.8) is 0 Å². The number of aryl methyl sites for hydroxylation is 1. The summed E-state index contributed by atoms with van der Waals surface area (Å²) in [7, 11) is 1.93. The Balaban J connectivity index is 0.00000324. The maximum Gasteiger partial charge on any atom is 0.250 e. The molecule has 7 nitrogen and oxygen atoms in total. The molecule has 7 heteroatoms. The van der Waals surface area contributed by atoms with Crippen LogP contribution in [0, 0.1) is 6.92 Å². The SMILES string of the molecule is CCC(CC)n1cc(-c2cnc(C)c(-c3cc(-c4ccc(CNC)cc4)no3)n2)ccc1=O.[HH]. The standard InChI is InChI=1S/C26H29N5O2.H2/c1-5-21(6-2)31-16-20(11-12-25(31)32)23-15-28-17(3)26(29-23)24-13-22(30-33-24)19-9-7-18(8-10-19)14-27-4;/h7-13,15-16,21,27H,5-6,14H2,1-4H3;1H. The van der Waals surface area contributed by atoms with Gasteiger partial charge in [-0.2, -0.15) is 0 Å². The van der Waals surface area contributed by atoms with Crippen LogP contribution in [0.2, 0.25) is 0 Å². The van der Waals surface area contributed by atoms with E-state index in [4.69, 9.17) is 9.51 Å². The molecule has 33 heavy (non-hydrogen) atoms. The van der Waals surface area contributed by atoms with Gasteiger partial charge in [-0.15, -0.1) is 0 Å². The lowest BCUT2D eigenvalue weighted by atomic mass is 10.1. The number of rotatable bonds is 8. The maximum absolute atomic E-state index is 12.4. The predicted molar refractivity (Wildman–Crippen MR) is 132 cm³/mol. The average Bonchev–Trinajstić information content (AvgIpc) is 3.32. The van der Waals surface area contributed by atoms with Crippen molar-refractivity contribution >= 4 is 0 Å². The molecule has 4 rings (SSSR count). The van der Waals surface area contributed by atoms with Gasteiger partial charge >= 0.3 is 0 Å². The van der Waals surface area contributed by atoms with Crippen LogP contribution in [0.1, 0.15) is 45.4 Å². The van der Waals surface area contributed by atoms with Crippen LogP contribution >= 0.6 is 0 Å². The third kappa shape index (κ3) is 4.78. The number of nitrogens with one attached hydrogen (secondary N) is 1. The predicted octanol–water partition coefficient (Wildman–Crippen LogP) is 5.26. The van der Waals surface area contributed by atoms with Crippen LogP contribution in [-0.2, 0) is 6.54 Å². The van der Waals surface area contributed by atoms with E-state index in [1.807, 2.05) is 38.4 Å². The Labute approximate surface area is 195 Å². The quantitative estimate of drug-likeness (QED) is 0.398. The number of benzene rings is 1. The van der Waals surface area contributed by atoms with Crippen molar-refractivity contribution in [1.82, 2.24) is 25.0 Å². The van der Waals surface area contributed by atoms with Gasteiger partial charge in [0.15, 0.2) is 5.76 Å². The van der Waals surface area contributed by atoms with Gasteiger partial charge in [-0.25, -0.2) is 4.98 Å². The van der Waals surface area contributed by atoms with E-state index >= 15 is 0 Å². The molecule has 0 aliphatic rings. The highest BCUT2D eigenvalue weighted by Gasteiger charge is 2.16. The van der Waals surface area contributed by atoms with Gasteiger partial charge in [-0.05, 0) is 38.4 Å². The van der Waals surface area contributed by atoms with Crippen LogP contribution in [0.5, 0.6) is 0 Å². The summed E-state index contributed by atoms with van der Waals surface area (Å²) in [5, 5.41) is 7.39. The Kier molecular flexibility index (Phi) is 6.79. The van der Waals surface area contributed by atoms with Crippen molar-refractivity contribution in [1.29, 1.82) is 0 Å². The fourth-order valence-electron chi connectivity index (χ4n) is 3.96. The lowest BCUT2D eigenvalue weighted by Gasteiger charge is -2.17. The van der Waals surface area contributed by atoms with Crippen LogP contribution < -0.4 is 10.9 Å². The number of hydrogen-bond acceptors (Lipinski definition) is 6. The van der Waals surface area contributed by atoms with Crippen molar-refractivity contribution in [3.8, 4) is 34.0 Å². The first kappa shape index (κ1) is 22.6. The summed E-state index contributed by atoms with van der Waals surface area (Å²) in [4.78, 5) is 21.8. The lowest BCUT2D eigenvalue weighted by molar-refractivity contribution is 0.433. The average molecular weight is 446 g/mol. The summed E-state index contributed by atoms with van der Waals surface area (Å²) < 4.78 is 7.44. The second kappa shape index (κ2) is 9.92. The first-order chi connectivity index (χ1) is 16.0. The molecule has 3 heterocycles. The van der Waals surface area contributed by atoms with E-state index in [0.717, 1.165) is 41.9 Å². The minimum Gasteiger partial charge on any atom is -0.354 e. The van der Waals surface area contributed by atoms with E-state index in [1.165, 1.54) is 5.56 Å². The summed E-state index contributed by atoms with van der Waals surface area (Å²) >= 11 is 0. The molecule has 0 aliphatic heterocycles. The molecule has 0 unspecified atom stereocenters. The molecule has 0 atom stereocenters. The molecule has 3 aromatic heterocycles. The molecule has 4 aromatic rings. The lowest BCUT2D eigenvalue weighted by Crippen LogP contribution is -2.23. The molecular formula is C26H31N5O2. The van der Waals surface area contributed by atoms with Gasteiger partial charge in [0, 0.05) is 43.5 Å². The molecule has 0 fully saturated rings. The molecule has 1 N–H and O–H groups in total. The van der Waals surface area contributed by atoms with Crippen LogP contribution in [0.4, 0.5) is 0 Å². The topological polar surface area (TPSA) is 85.8 Å². The monoisotopic (exact) mass is 445 g/mol. The van der Waals surface area contributed by atoms with E-state index in [2.05, 4.69) is 41.4 Å². The van der Waals surface area contributed by atoms with Gasteiger partial charge < -0.3 is 14.4 Å². The third-order valence-electron chi connectivity index (χ3n) is 5.90. The minimum atomic E-state index is -0.00615. The Hall–Kier alpha value is -3.58. The molecule has 0 bridgehead atoms. The first-order valence-electron chi connectivity index (χ1n) is 11.3. The molecule has 0 saturated heterocycles. The maximum atomic E-state index is 12.4. The zero-order valence-electron chi connectivity index (χ0n) is 19.5. The number of aromatic nitrogens is 4. The van der Waals surface area contributed by atoms with Crippen LogP contribution in [0.15, 0.2) is 64.2 Å². The normalized spacial score (nSPS) is 11.3. The number of pyridine rings is 1. The molecule has 172 valence electrons. The van der Waals surface area contributed by atoms with E-state index in [9.17, 15) is 4.79 Å². The van der Waals surface area contributed by atoms with Crippen LogP contribution in [0.3, 0.4) is 0 Å². The van der Waals surface area contributed by atoms with Gasteiger partial charge in [0.2, 0.25) is 0 Å². The largest absolute Gasteiger partial charge is 0.354 e. The van der Waals surface area contributed by atoms with Gasteiger partial charge in [-0.3, -0.25) is 9.78 Å². The zero-order valence-corrected chi connectivity index (χ0v) is 19.5. The molecule has 0 amide bonds. The Morgan fingerprint density at radius 3 is 2.48 bits per heavy atom. The van der Waals surface area contributed by atoms with Crippen molar-refractivity contribution in [2.75, 3.05) is 7.05 Å². The highest BCUT2D eigenvalue weighted by atomic mass is 16.5. The third-order valence-corrected chi connectivity index (χ3v) is 5.90. The summed E-state index contributed by atoms with van der Waals surface area (Å²) in [6.45, 7) is 6.89. The van der Waals surface area contributed by atoms with Gasteiger partial charge in [-0.1, -0.05) is 43.3 Å². The smallest absolute Gasteiger partial charge is 0.250 e.